The Kier molecular flexibility index (Phi) is 5.12. The van der Waals surface area contributed by atoms with Gasteiger partial charge in [0.05, 0.1) is 11.5 Å². The third-order valence-electron chi connectivity index (χ3n) is 3.40. The van der Waals surface area contributed by atoms with Crippen molar-refractivity contribution in [2.24, 2.45) is 0 Å². The van der Waals surface area contributed by atoms with Crippen molar-refractivity contribution in [3.8, 4) is 0 Å². The maximum atomic E-state index is 12.0. The third-order valence-corrected chi connectivity index (χ3v) is 3.40. The molecule has 1 aromatic rings. The lowest BCUT2D eigenvalue weighted by atomic mass is 10.1. The van der Waals surface area contributed by atoms with Crippen LogP contribution in [-0.4, -0.2) is 47.7 Å². The van der Waals surface area contributed by atoms with Gasteiger partial charge in [-0.05, 0) is 25.0 Å². The molecule has 23 heavy (non-hydrogen) atoms. The zero-order chi connectivity index (χ0) is 17.0. The highest BCUT2D eigenvalue weighted by atomic mass is 16.6. The second-order valence-corrected chi connectivity index (χ2v) is 5.18. The number of ether oxygens (including phenoxy) is 1. The zero-order valence-electron chi connectivity index (χ0n) is 12.4. The molecule has 9 nitrogen and oxygen atoms in total. The van der Waals surface area contributed by atoms with E-state index >= 15 is 0 Å². The Balaban J connectivity index is 2.09. The molecule has 0 aromatic heterocycles. The predicted octanol–water partition coefficient (Wildman–Crippen LogP) is 0.998. The van der Waals surface area contributed by atoms with Crippen LogP contribution < -0.4 is 10.6 Å². The van der Waals surface area contributed by atoms with Crippen molar-refractivity contribution >= 4 is 23.3 Å². The maximum absolute atomic E-state index is 12.0. The number of aliphatic carboxylic acids is 1. The number of carboxylic acid groups (broad SMARTS) is 1. The minimum atomic E-state index is -1.21. The highest BCUT2D eigenvalue weighted by Gasteiger charge is 2.26. The number of carbonyl (C=O) groups excluding carboxylic acids is 1. The SMILES string of the molecule is COC(CNC(=O)c1ccc(NC2CC2)c([N+](=O)[O-])c1)C(=O)O. The van der Waals surface area contributed by atoms with E-state index in [2.05, 4.69) is 10.6 Å². The molecule has 1 aliphatic carbocycles. The Morgan fingerprint density at radius 1 is 1.48 bits per heavy atom. The van der Waals surface area contributed by atoms with Crippen LogP contribution in [0.2, 0.25) is 0 Å². The summed E-state index contributed by atoms with van der Waals surface area (Å²) in [5.74, 6) is -1.81. The van der Waals surface area contributed by atoms with Gasteiger partial charge in [0.2, 0.25) is 0 Å². The van der Waals surface area contributed by atoms with Gasteiger partial charge >= 0.3 is 5.97 Å². The molecule has 1 unspecified atom stereocenters. The number of hydrogen-bond donors (Lipinski definition) is 3. The van der Waals surface area contributed by atoms with E-state index in [9.17, 15) is 19.7 Å². The smallest absolute Gasteiger partial charge is 0.334 e. The fraction of sp³-hybridized carbons (Fsp3) is 0.429. The summed E-state index contributed by atoms with van der Waals surface area (Å²) in [6.07, 6.45) is 0.754. The molecule has 1 atom stereocenters. The Bertz CT molecular complexity index is 629. The number of carboxylic acids is 1. The number of nitro groups is 1. The summed E-state index contributed by atoms with van der Waals surface area (Å²) >= 11 is 0. The van der Waals surface area contributed by atoms with Gasteiger partial charge in [0, 0.05) is 24.8 Å². The van der Waals surface area contributed by atoms with Crippen molar-refractivity contribution in [2.45, 2.75) is 25.0 Å². The topological polar surface area (TPSA) is 131 Å². The number of benzene rings is 1. The van der Waals surface area contributed by atoms with Crippen LogP contribution in [0.25, 0.3) is 0 Å². The Labute approximate surface area is 131 Å². The molecular formula is C14H17N3O6. The van der Waals surface area contributed by atoms with Crippen LogP contribution in [0.4, 0.5) is 11.4 Å². The van der Waals surface area contributed by atoms with Crippen LogP contribution in [0.5, 0.6) is 0 Å². The van der Waals surface area contributed by atoms with Crippen molar-refractivity contribution in [2.75, 3.05) is 19.0 Å². The van der Waals surface area contributed by atoms with E-state index in [-0.39, 0.29) is 23.8 Å². The van der Waals surface area contributed by atoms with Gasteiger partial charge in [0.25, 0.3) is 11.6 Å². The fourth-order valence-electron chi connectivity index (χ4n) is 1.95. The fourth-order valence-corrected chi connectivity index (χ4v) is 1.95. The number of amides is 1. The minimum absolute atomic E-state index is 0.0817. The van der Waals surface area contributed by atoms with Gasteiger partial charge in [-0.2, -0.15) is 0 Å². The largest absolute Gasteiger partial charge is 0.479 e. The van der Waals surface area contributed by atoms with E-state index < -0.39 is 22.9 Å². The minimum Gasteiger partial charge on any atom is -0.479 e. The van der Waals surface area contributed by atoms with Crippen LogP contribution in [-0.2, 0) is 9.53 Å². The van der Waals surface area contributed by atoms with Crippen molar-refractivity contribution < 1.29 is 24.4 Å². The number of methoxy groups -OCH3 is 1. The average Bonchev–Trinajstić information content (AvgIpc) is 3.31. The van der Waals surface area contributed by atoms with Gasteiger partial charge in [-0.3, -0.25) is 14.9 Å². The molecule has 1 amide bonds. The van der Waals surface area contributed by atoms with E-state index in [1.165, 1.54) is 25.3 Å². The molecule has 0 heterocycles. The third kappa shape index (κ3) is 4.39. The second-order valence-electron chi connectivity index (χ2n) is 5.18. The number of nitrogens with zero attached hydrogens (tertiary/aromatic N) is 1. The number of rotatable bonds is 8. The molecule has 0 spiro atoms. The lowest BCUT2D eigenvalue weighted by molar-refractivity contribution is -0.384. The van der Waals surface area contributed by atoms with Crippen LogP contribution in [0, 0.1) is 10.1 Å². The first-order valence-electron chi connectivity index (χ1n) is 7.01. The van der Waals surface area contributed by atoms with Gasteiger partial charge in [0.1, 0.15) is 5.69 Å². The molecule has 0 bridgehead atoms. The summed E-state index contributed by atoms with van der Waals surface area (Å²) in [5, 5.41) is 25.4. The van der Waals surface area contributed by atoms with Crippen LogP contribution in [0.1, 0.15) is 23.2 Å². The first-order chi connectivity index (χ1) is 10.9. The Morgan fingerprint density at radius 3 is 2.70 bits per heavy atom. The predicted molar refractivity (Wildman–Crippen MR) is 80.5 cm³/mol. The monoisotopic (exact) mass is 323 g/mol. The number of anilines is 1. The summed E-state index contributed by atoms with van der Waals surface area (Å²) in [5.41, 5.74) is 0.263. The molecule has 124 valence electrons. The molecule has 1 fully saturated rings. The number of hydrogen-bond acceptors (Lipinski definition) is 6. The molecule has 0 radical (unpaired) electrons. The highest BCUT2D eigenvalue weighted by molar-refractivity contribution is 5.96. The standard InChI is InChI=1S/C14H17N3O6/c1-23-12(14(19)20)7-15-13(18)8-2-5-10(16-9-3-4-9)11(6-8)17(21)22/h2,5-6,9,12,16H,3-4,7H2,1H3,(H,15,18)(H,19,20). The highest BCUT2D eigenvalue weighted by Crippen LogP contribution is 2.31. The lowest BCUT2D eigenvalue weighted by Crippen LogP contribution is -2.37. The van der Waals surface area contributed by atoms with Crippen molar-refractivity contribution in [3.05, 3.63) is 33.9 Å². The second kappa shape index (κ2) is 7.05. The van der Waals surface area contributed by atoms with E-state index in [0.717, 1.165) is 12.8 Å². The average molecular weight is 323 g/mol. The molecule has 0 saturated heterocycles. The Morgan fingerprint density at radius 2 is 2.17 bits per heavy atom. The molecule has 3 N–H and O–H groups in total. The summed E-state index contributed by atoms with van der Waals surface area (Å²) in [6, 6.07) is 4.35. The Hall–Kier alpha value is -2.68. The van der Waals surface area contributed by atoms with Gasteiger partial charge in [-0.15, -0.1) is 0 Å². The van der Waals surface area contributed by atoms with Gasteiger partial charge < -0.3 is 20.5 Å². The number of nitro benzene ring substituents is 1. The summed E-state index contributed by atoms with van der Waals surface area (Å²) in [7, 11) is 1.22. The molecule has 0 aliphatic heterocycles. The molecule has 9 heteroatoms. The van der Waals surface area contributed by atoms with Crippen LogP contribution in [0.15, 0.2) is 18.2 Å². The number of nitrogens with one attached hydrogen (secondary N) is 2. The molecule has 1 aromatic carbocycles. The normalized spacial score (nSPS) is 14.8. The van der Waals surface area contributed by atoms with Crippen molar-refractivity contribution in [1.29, 1.82) is 0 Å². The maximum Gasteiger partial charge on any atom is 0.334 e. The van der Waals surface area contributed by atoms with Gasteiger partial charge in [-0.25, -0.2) is 4.79 Å². The van der Waals surface area contributed by atoms with E-state index in [1.807, 2.05) is 0 Å². The quantitative estimate of drug-likeness (QED) is 0.480. The summed E-state index contributed by atoms with van der Waals surface area (Å²) < 4.78 is 4.70. The zero-order valence-corrected chi connectivity index (χ0v) is 12.4. The summed E-state index contributed by atoms with van der Waals surface area (Å²) in [6.45, 7) is -0.236. The van der Waals surface area contributed by atoms with Crippen LogP contribution in [0.3, 0.4) is 0 Å². The molecular weight excluding hydrogens is 306 g/mol. The van der Waals surface area contributed by atoms with Gasteiger partial charge in [0.15, 0.2) is 6.10 Å². The van der Waals surface area contributed by atoms with E-state index in [0.29, 0.717) is 5.69 Å². The van der Waals surface area contributed by atoms with Gasteiger partial charge in [-0.1, -0.05) is 0 Å². The van der Waals surface area contributed by atoms with Crippen molar-refractivity contribution in [3.63, 3.8) is 0 Å². The molecule has 1 aliphatic rings. The molecule has 1 saturated carbocycles. The molecule has 2 rings (SSSR count). The van der Waals surface area contributed by atoms with E-state index in [1.54, 1.807) is 0 Å². The summed E-state index contributed by atoms with van der Waals surface area (Å²) in [4.78, 5) is 33.4. The van der Waals surface area contributed by atoms with E-state index in [4.69, 9.17) is 9.84 Å². The van der Waals surface area contributed by atoms with Crippen LogP contribution >= 0.6 is 0 Å². The first-order valence-corrected chi connectivity index (χ1v) is 7.01. The first kappa shape index (κ1) is 16.7. The number of carbonyl (C=O) groups is 2. The van der Waals surface area contributed by atoms with Crippen molar-refractivity contribution in [1.82, 2.24) is 5.32 Å². The lowest BCUT2D eigenvalue weighted by Gasteiger charge is -2.12.